The molecular formula is C20H18F3NO5. The Labute approximate surface area is 163 Å². The normalized spacial score (nSPS) is 10.9. The minimum absolute atomic E-state index is 0.287. The molecule has 1 aromatic heterocycles. The van der Waals surface area contributed by atoms with Crippen molar-refractivity contribution in [3.63, 3.8) is 0 Å². The zero-order valence-corrected chi connectivity index (χ0v) is 15.3. The van der Waals surface area contributed by atoms with Crippen molar-refractivity contribution in [1.82, 2.24) is 4.57 Å². The van der Waals surface area contributed by atoms with E-state index in [4.69, 9.17) is 14.6 Å². The number of rotatable bonds is 5. The van der Waals surface area contributed by atoms with E-state index in [0.29, 0.717) is 13.2 Å². The molecule has 0 radical (unpaired) electrons. The molecule has 2 aromatic carbocycles. The molecule has 0 atom stereocenters. The lowest BCUT2D eigenvalue weighted by Gasteiger charge is -2.11. The van der Waals surface area contributed by atoms with Crippen LogP contribution in [0.5, 0.6) is 5.75 Å². The molecule has 29 heavy (non-hydrogen) atoms. The van der Waals surface area contributed by atoms with E-state index in [-0.39, 0.29) is 5.69 Å². The second-order valence-corrected chi connectivity index (χ2v) is 5.96. The van der Waals surface area contributed by atoms with Crippen LogP contribution in [0, 0.1) is 6.92 Å². The van der Waals surface area contributed by atoms with Gasteiger partial charge < -0.3 is 19.5 Å². The molecule has 0 aliphatic carbocycles. The Bertz CT molecular complexity index is 1010. The summed E-state index contributed by atoms with van der Waals surface area (Å²) in [6.07, 6.45) is -5.08. The maximum absolute atomic E-state index is 11.4. The summed E-state index contributed by atoms with van der Waals surface area (Å²) in [6.45, 7) is 2.90. The van der Waals surface area contributed by atoms with Crippen LogP contribution in [-0.2, 0) is 11.3 Å². The van der Waals surface area contributed by atoms with Gasteiger partial charge in [0, 0.05) is 10.9 Å². The molecule has 0 spiro atoms. The molecule has 0 fully saturated rings. The number of fused-ring (bicyclic) bond motifs is 1. The number of aromatic nitrogens is 1. The number of aryl methyl sites for hydroxylation is 1. The van der Waals surface area contributed by atoms with Gasteiger partial charge in [0.25, 0.3) is 0 Å². The van der Waals surface area contributed by atoms with E-state index in [2.05, 4.69) is 0 Å². The van der Waals surface area contributed by atoms with Crippen molar-refractivity contribution in [2.45, 2.75) is 19.6 Å². The van der Waals surface area contributed by atoms with E-state index in [1.807, 2.05) is 55.5 Å². The Morgan fingerprint density at radius 1 is 1.03 bits per heavy atom. The molecular weight excluding hydrogens is 391 g/mol. The van der Waals surface area contributed by atoms with Crippen LogP contribution in [0.15, 0.2) is 54.6 Å². The number of ether oxygens (including phenoxy) is 1. The minimum atomic E-state index is -5.08. The smallest absolute Gasteiger partial charge is 0.490 e. The van der Waals surface area contributed by atoms with Gasteiger partial charge in [-0.25, -0.2) is 9.59 Å². The number of aromatic carboxylic acids is 1. The third kappa shape index (κ3) is 5.74. The largest absolute Gasteiger partial charge is 0.491 e. The number of aliphatic carboxylic acids is 1. The fourth-order valence-electron chi connectivity index (χ4n) is 2.59. The summed E-state index contributed by atoms with van der Waals surface area (Å²) in [7, 11) is 0. The first kappa shape index (κ1) is 21.8. The third-order valence-corrected chi connectivity index (χ3v) is 3.94. The van der Waals surface area contributed by atoms with Gasteiger partial charge in [0.1, 0.15) is 18.1 Å². The Kier molecular flexibility index (Phi) is 6.87. The number of benzene rings is 2. The lowest BCUT2D eigenvalue weighted by atomic mass is 10.2. The van der Waals surface area contributed by atoms with E-state index in [0.717, 1.165) is 22.2 Å². The van der Waals surface area contributed by atoms with Crippen molar-refractivity contribution in [3.05, 3.63) is 65.9 Å². The second kappa shape index (κ2) is 9.13. The van der Waals surface area contributed by atoms with Crippen LogP contribution >= 0.6 is 0 Å². The highest BCUT2D eigenvalue weighted by Crippen LogP contribution is 2.21. The molecule has 0 aliphatic rings. The van der Waals surface area contributed by atoms with Gasteiger partial charge in [-0.05, 0) is 30.7 Å². The topological polar surface area (TPSA) is 88.8 Å². The van der Waals surface area contributed by atoms with Gasteiger partial charge in [-0.2, -0.15) is 13.2 Å². The van der Waals surface area contributed by atoms with Crippen molar-refractivity contribution >= 4 is 22.8 Å². The summed E-state index contributed by atoms with van der Waals surface area (Å²) in [5.74, 6) is -2.85. The molecule has 0 saturated heterocycles. The number of carbonyl (C=O) groups is 2. The molecule has 0 aliphatic heterocycles. The third-order valence-electron chi connectivity index (χ3n) is 3.94. The van der Waals surface area contributed by atoms with E-state index in [1.54, 1.807) is 10.6 Å². The molecule has 3 aromatic rings. The van der Waals surface area contributed by atoms with Gasteiger partial charge in [-0.3, -0.25) is 0 Å². The van der Waals surface area contributed by atoms with Crippen LogP contribution in [0.3, 0.4) is 0 Å². The first-order valence-corrected chi connectivity index (χ1v) is 8.41. The van der Waals surface area contributed by atoms with E-state index < -0.39 is 18.1 Å². The number of carboxylic acids is 2. The average molecular weight is 409 g/mol. The second-order valence-electron chi connectivity index (χ2n) is 5.96. The first-order chi connectivity index (χ1) is 13.6. The lowest BCUT2D eigenvalue weighted by molar-refractivity contribution is -0.192. The fraction of sp³-hybridized carbons (Fsp3) is 0.200. The standard InChI is InChI=1S/C18H17NO3.C2HF3O2/c1-13-6-2-5-9-17(13)22-11-10-19-15-8-4-3-7-14(15)12-16(19)18(20)21;3-2(4,5)1(6)7/h2-9,12H,10-11H2,1H3,(H,20,21);(H,6,7). The summed E-state index contributed by atoms with van der Waals surface area (Å²) in [4.78, 5) is 20.3. The van der Waals surface area contributed by atoms with E-state index in [1.165, 1.54) is 0 Å². The van der Waals surface area contributed by atoms with Gasteiger partial charge in [0.2, 0.25) is 0 Å². The van der Waals surface area contributed by atoms with Crippen molar-refractivity contribution in [2.75, 3.05) is 6.61 Å². The molecule has 0 bridgehead atoms. The molecule has 6 nitrogen and oxygen atoms in total. The van der Waals surface area contributed by atoms with Crippen molar-refractivity contribution < 1.29 is 37.7 Å². The van der Waals surface area contributed by atoms with Crippen LogP contribution in [0.2, 0.25) is 0 Å². The predicted octanol–water partition coefficient (Wildman–Crippen LogP) is 4.36. The maximum atomic E-state index is 11.4. The van der Waals surface area contributed by atoms with Crippen molar-refractivity contribution in [3.8, 4) is 5.75 Å². The Morgan fingerprint density at radius 3 is 2.21 bits per heavy atom. The molecule has 154 valence electrons. The van der Waals surface area contributed by atoms with E-state index >= 15 is 0 Å². The summed E-state index contributed by atoms with van der Waals surface area (Å²) < 4.78 is 39.3. The minimum Gasteiger partial charge on any atom is -0.491 e. The predicted molar refractivity (Wildman–Crippen MR) is 99.3 cm³/mol. The molecule has 9 heteroatoms. The average Bonchev–Trinajstić information content (AvgIpc) is 3.02. The number of alkyl halides is 3. The first-order valence-electron chi connectivity index (χ1n) is 8.41. The molecule has 0 saturated carbocycles. The zero-order valence-electron chi connectivity index (χ0n) is 15.3. The molecule has 2 N–H and O–H groups in total. The Morgan fingerprint density at radius 2 is 1.62 bits per heavy atom. The van der Waals surface area contributed by atoms with E-state index in [9.17, 15) is 23.1 Å². The van der Waals surface area contributed by atoms with Gasteiger partial charge in [-0.15, -0.1) is 0 Å². The van der Waals surface area contributed by atoms with Gasteiger partial charge in [0.15, 0.2) is 0 Å². The number of carboxylic acid groups (broad SMARTS) is 2. The highest BCUT2D eigenvalue weighted by Gasteiger charge is 2.38. The zero-order chi connectivity index (χ0) is 21.6. The fourth-order valence-corrected chi connectivity index (χ4v) is 2.59. The Hall–Kier alpha value is -3.49. The van der Waals surface area contributed by atoms with Crippen LogP contribution in [0.25, 0.3) is 10.9 Å². The van der Waals surface area contributed by atoms with Crippen LogP contribution in [-0.4, -0.2) is 39.5 Å². The van der Waals surface area contributed by atoms with Gasteiger partial charge in [-0.1, -0.05) is 36.4 Å². The Balaban J connectivity index is 0.000000370. The number of halogens is 3. The van der Waals surface area contributed by atoms with Crippen LogP contribution in [0.1, 0.15) is 16.1 Å². The molecule has 0 amide bonds. The van der Waals surface area contributed by atoms with Gasteiger partial charge >= 0.3 is 18.1 Å². The molecule has 0 unspecified atom stereocenters. The number of hydrogen-bond donors (Lipinski definition) is 2. The SMILES string of the molecule is Cc1ccccc1OCCn1c(C(=O)O)cc2ccccc21.O=C(O)C(F)(F)F. The van der Waals surface area contributed by atoms with Crippen molar-refractivity contribution in [1.29, 1.82) is 0 Å². The number of para-hydroxylation sites is 2. The summed E-state index contributed by atoms with van der Waals surface area (Å²) in [6, 6.07) is 17.2. The molecule has 3 rings (SSSR count). The number of nitrogens with zero attached hydrogens (tertiary/aromatic N) is 1. The van der Waals surface area contributed by atoms with Gasteiger partial charge in [0.05, 0.1) is 6.54 Å². The lowest BCUT2D eigenvalue weighted by Crippen LogP contribution is -2.21. The summed E-state index contributed by atoms with van der Waals surface area (Å²) >= 11 is 0. The quantitative estimate of drug-likeness (QED) is 0.654. The monoisotopic (exact) mass is 409 g/mol. The maximum Gasteiger partial charge on any atom is 0.490 e. The summed E-state index contributed by atoms with van der Waals surface area (Å²) in [5, 5.41) is 17.4. The van der Waals surface area contributed by atoms with Crippen LogP contribution in [0.4, 0.5) is 13.2 Å². The van der Waals surface area contributed by atoms with Crippen LogP contribution < -0.4 is 4.74 Å². The number of hydrogen-bond acceptors (Lipinski definition) is 3. The van der Waals surface area contributed by atoms with Crippen molar-refractivity contribution in [2.24, 2.45) is 0 Å². The molecule has 1 heterocycles. The summed E-state index contributed by atoms with van der Waals surface area (Å²) in [5.41, 5.74) is 2.26. The highest BCUT2D eigenvalue weighted by atomic mass is 19.4. The highest BCUT2D eigenvalue weighted by molar-refractivity contribution is 5.94.